The van der Waals surface area contributed by atoms with Crippen molar-refractivity contribution in [1.82, 2.24) is 4.90 Å². The van der Waals surface area contributed by atoms with Crippen LogP contribution >= 0.6 is 0 Å². The van der Waals surface area contributed by atoms with E-state index in [0.29, 0.717) is 23.2 Å². The van der Waals surface area contributed by atoms with E-state index < -0.39 is 0 Å². The molecule has 1 saturated heterocycles. The fourth-order valence-corrected chi connectivity index (χ4v) is 4.18. The number of nitrogens with one attached hydrogen (secondary N) is 1. The van der Waals surface area contributed by atoms with Crippen molar-refractivity contribution in [2.45, 2.75) is 32.1 Å². The molecule has 0 atom stereocenters. The Hall–Kier alpha value is -1.66. The smallest absolute Gasteiger partial charge is 0.226 e. The number of hydrogen-bond donors (Lipinski definition) is 1. The van der Waals surface area contributed by atoms with Gasteiger partial charge in [-0.2, -0.15) is 0 Å². The third-order valence-electron chi connectivity index (χ3n) is 5.71. The number of nitrogens with zero attached hydrogens (tertiary/aromatic N) is 1. The van der Waals surface area contributed by atoms with Gasteiger partial charge in [-0.1, -0.05) is 19.3 Å². The zero-order valence-electron chi connectivity index (χ0n) is 16.6. The number of methoxy groups -OCH3 is 3. The van der Waals surface area contributed by atoms with Gasteiger partial charge in [-0.15, -0.1) is 0 Å². The van der Waals surface area contributed by atoms with Crippen LogP contribution < -0.4 is 31.5 Å². The average molecular weight is 399 g/mol. The maximum absolute atomic E-state index is 12.7. The standard InChI is InChI=1S/C20H30N2O4.ClH/c1-24-17-13-16(14-18(25-2)19(17)26-3)21-9-11-22(12-10-21)20(23)15-7-5-4-6-8-15;/h13-15H,4-12H2,1-3H3;1H. The number of rotatable bonds is 5. The van der Waals surface area contributed by atoms with Crippen LogP contribution in [-0.2, 0) is 4.79 Å². The zero-order valence-corrected chi connectivity index (χ0v) is 17.3. The van der Waals surface area contributed by atoms with E-state index in [9.17, 15) is 4.79 Å². The van der Waals surface area contributed by atoms with E-state index in [-0.39, 0.29) is 18.3 Å². The molecule has 1 aromatic carbocycles. The van der Waals surface area contributed by atoms with E-state index in [1.54, 1.807) is 21.3 Å². The fourth-order valence-electron chi connectivity index (χ4n) is 4.18. The lowest BCUT2D eigenvalue weighted by atomic mass is 9.88. The quantitative estimate of drug-likeness (QED) is 0.667. The Kier molecular flexibility index (Phi) is 8.05. The Balaban J connectivity index is 0.00000261. The van der Waals surface area contributed by atoms with Crippen LogP contribution in [-0.4, -0.2) is 58.3 Å². The third-order valence-corrected chi connectivity index (χ3v) is 5.71. The van der Waals surface area contributed by atoms with Crippen molar-refractivity contribution in [2.24, 2.45) is 5.92 Å². The van der Waals surface area contributed by atoms with Gasteiger partial charge in [0.05, 0.1) is 47.5 Å². The molecule has 6 nitrogen and oxygen atoms in total. The number of halogens is 1. The minimum Gasteiger partial charge on any atom is -1.00 e. The summed E-state index contributed by atoms with van der Waals surface area (Å²) in [5.74, 6) is 2.59. The molecule has 1 amide bonds. The summed E-state index contributed by atoms with van der Waals surface area (Å²) in [5.41, 5.74) is 1.12. The Morgan fingerprint density at radius 2 is 1.52 bits per heavy atom. The van der Waals surface area contributed by atoms with Gasteiger partial charge >= 0.3 is 0 Å². The maximum atomic E-state index is 12.7. The molecule has 0 aromatic heterocycles. The number of carbonyl (C=O) groups is 1. The first kappa shape index (κ1) is 21.6. The highest BCUT2D eigenvalue weighted by molar-refractivity contribution is 5.79. The van der Waals surface area contributed by atoms with Crippen LogP contribution in [0.2, 0.25) is 0 Å². The van der Waals surface area contributed by atoms with Gasteiger partial charge in [0.15, 0.2) is 11.5 Å². The summed E-state index contributed by atoms with van der Waals surface area (Å²) < 4.78 is 16.3. The number of benzene rings is 1. The van der Waals surface area contributed by atoms with Gasteiger partial charge in [0, 0.05) is 18.1 Å². The van der Waals surface area contributed by atoms with Crippen molar-refractivity contribution in [3.8, 4) is 17.2 Å². The monoisotopic (exact) mass is 398 g/mol. The molecule has 0 bridgehead atoms. The van der Waals surface area contributed by atoms with Gasteiger partial charge in [-0.25, -0.2) is 0 Å². The van der Waals surface area contributed by atoms with E-state index >= 15 is 0 Å². The lowest BCUT2D eigenvalue weighted by molar-refractivity contribution is -0.837. The largest absolute Gasteiger partial charge is 1.00 e. The van der Waals surface area contributed by atoms with E-state index in [4.69, 9.17) is 14.2 Å². The second-order valence-corrected chi connectivity index (χ2v) is 7.18. The minimum absolute atomic E-state index is 0. The van der Waals surface area contributed by atoms with Crippen LogP contribution in [0.1, 0.15) is 32.1 Å². The predicted octanol–water partition coefficient (Wildman–Crippen LogP) is -1.34. The number of amides is 1. The number of hydrogen-bond acceptors (Lipinski definition) is 4. The van der Waals surface area contributed by atoms with Gasteiger partial charge in [0.25, 0.3) is 0 Å². The molecule has 1 N–H and O–H groups in total. The highest BCUT2D eigenvalue weighted by Gasteiger charge is 2.31. The lowest BCUT2D eigenvalue weighted by Gasteiger charge is -2.35. The Labute approximate surface area is 168 Å². The molecular weight excluding hydrogens is 368 g/mol. The summed E-state index contributed by atoms with van der Waals surface area (Å²) >= 11 is 0. The zero-order chi connectivity index (χ0) is 18.5. The number of ether oxygens (including phenoxy) is 3. The van der Waals surface area contributed by atoms with Crippen molar-refractivity contribution in [3.05, 3.63) is 12.1 Å². The van der Waals surface area contributed by atoms with Gasteiger partial charge in [-0.3, -0.25) is 9.69 Å². The molecule has 27 heavy (non-hydrogen) atoms. The van der Waals surface area contributed by atoms with E-state index in [0.717, 1.165) is 44.7 Å². The molecule has 1 aliphatic carbocycles. The Morgan fingerprint density at radius 1 is 0.963 bits per heavy atom. The molecule has 152 valence electrons. The second-order valence-electron chi connectivity index (χ2n) is 7.18. The van der Waals surface area contributed by atoms with Crippen molar-refractivity contribution < 1.29 is 36.3 Å². The lowest BCUT2D eigenvalue weighted by Crippen LogP contribution is -3.10. The molecule has 0 spiro atoms. The van der Waals surface area contributed by atoms with Gasteiger partial charge in [0.1, 0.15) is 5.69 Å². The van der Waals surface area contributed by atoms with Crippen LogP contribution in [0.5, 0.6) is 17.2 Å². The average Bonchev–Trinajstić information content (AvgIpc) is 2.72. The first-order chi connectivity index (χ1) is 12.7. The summed E-state index contributed by atoms with van der Waals surface area (Å²) in [6.45, 7) is 3.41. The predicted molar refractivity (Wildman–Crippen MR) is 99.6 cm³/mol. The molecule has 1 aromatic rings. The topological polar surface area (TPSA) is 52.4 Å². The minimum atomic E-state index is 0. The highest BCUT2D eigenvalue weighted by Crippen LogP contribution is 2.39. The van der Waals surface area contributed by atoms with Crippen LogP contribution in [0.4, 0.5) is 5.69 Å². The molecule has 2 fully saturated rings. The first-order valence-corrected chi connectivity index (χ1v) is 9.61. The molecule has 0 radical (unpaired) electrons. The third kappa shape index (κ3) is 4.79. The highest BCUT2D eigenvalue weighted by atomic mass is 35.5. The molecule has 0 unspecified atom stereocenters. The van der Waals surface area contributed by atoms with Crippen LogP contribution in [0.25, 0.3) is 0 Å². The van der Waals surface area contributed by atoms with Gasteiger partial charge in [0.2, 0.25) is 11.7 Å². The van der Waals surface area contributed by atoms with Crippen LogP contribution in [0, 0.1) is 5.92 Å². The SMILES string of the molecule is COc1cc([NH+]2CCN(C(=O)C3CCCCC3)CC2)cc(OC)c1OC.[Cl-]. The molecule has 1 saturated carbocycles. The van der Waals surface area contributed by atoms with E-state index in [1.807, 2.05) is 12.1 Å². The molecule has 3 rings (SSSR count). The Morgan fingerprint density at radius 3 is 2.00 bits per heavy atom. The van der Waals surface area contributed by atoms with Crippen LogP contribution in [0.3, 0.4) is 0 Å². The molecule has 2 aliphatic rings. The summed E-state index contributed by atoms with van der Waals surface area (Å²) in [6, 6.07) is 4.02. The molecule has 1 aliphatic heterocycles. The number of carbonyl (C=O) groups excluding carboxylic acids is 1. The summed E-state index contributed by atoms with van der Waals surface area (Å²) in [6.07, 6.45) is 5.82. The van der Waals surface area contributed by atoms with Gasteiger partial charge in [-0.05, 0) is 12.8 Å². The van der Waals surface area contributed by atoms with Crippen molar-refractivity contribution >= 4 is 11.6 Å². The van der Waals surface area contributed by atoms with E-state index in [1.165, 1.54) is 24.2 Å². The van der Waals surface area contributed by atoms with Crippen LogP contribution in [0.15, 0.2) is 12.1 Å². The maximum Gasteiger partial charge on any atom is 0.226 e. The molecule has 1 heterocycles. The normalized spacial score (nSPS) is 18.6. The van der Waals surface area contributed by atoms with Crippen molar-refractivity contribution in [3.63, 3.8) is 0 Å². The second kappa shape index (κ2) is 10.0. The van der Waals surface area contributed by atoms with Gasteiger partial charge < -0.3 is 31.5 Å². The summed E-state index contributed by atoms with van der Waals surface area (Å²) in [5, 5.41) is 0. The van der Waals surface area contributed by atoms with E-state index in [2.05, 4.69) is 4.90 Å². The fraction of sp³-hybridized carbons (Fsp3) is 0.650. The first-order valence-electron chi connectivity index (χ1n) is 9.61. The summed E-state index contributed by atoms with van der Waals surface area (Å²) in [4.78, 5) is 16.2. The van der Waals surface area contributed by atoms with Crippen molar-refractivity contribution in [1.29, 1.82) is 0 Å². The van der Waals surface area contributed by atoms with Crippen molar-refractivity contribution in [2.75, 3.05) is 47.5 Å². The summed E-state index contributed by atoms with van der Waals surface area (Å²) in [7, 11) is 4.89. The number of quaternary nitrogens is 1. The molecule has 7 heteroatoms. The Bertz CT molecular complexity index is 601. The molecular formula is C20H31ClN2O4. The number of piperazine rings is 1.